The van der Waals surface area contributed by atoms with Gasteiger partial charge in [0.25, 0.3) is 5.91 Å². The fraction of sp³-hybridized carbons (Fsp3) is 0.231. The van der Waals surface area contributed by atoms with Crippen LogP contribution in [0.25, 0.3) is 10.9 Å². The van der Waals surface area contributed by atoms with E-state index in [1.807, 2.05) is 25.1 Å². The number of hydrogen-bond donors (Lipinski definition) is 3. The van der Waals surface area contributed by atoms with E-state index in [0.717, 1.165) is 29.6 Å². The highest BCUT2D eigenvalue weighted by Gasteiger charge is 2.14. The maximum atomic E-state index is 12.1. The van der Waals surface area contributed by atoms with Gasteiger partial charge in [0.1, 0.15) is 5.82 Å². The summed E-state index contributed by atoms with van der Waals surface area (Å²) in [5, 5.41) is 17.2. The predicted octanol–water partition coefficient (Wildman–Crippen LogP) is 1.89. The summed E-state index contributed by atoms with van der Waals surface area (Å²) in [7, 11) is 0. The fourth-order valence-corrected chi connectivity index (χ4v) is 2.00. The molecule has 20 heavy (non-hydrogen) atoms. The van der Waals surface area contributed by atoms with Crippen LogP contribution in [0.3, 0.4) is 0 Å². The van der Waals surface area contributed by atoms with Crippen LogP contribution in [0.2, 0.25) is 0 Å². The molecule has 0 radical (unpaired) electrons. The number of carbonyl (C=O) groups is 1. The average Bonchev–Trinajstić information content (AvgIpc) is 3.08. The molecule has 0 spiro atoms. The minimum atomic E-state index is -0.336. The van der Waals surface area contributed by atoms with Crippen LogP contribution in [0.1, 0.15) is 29.8 Å². The van der Waals surface area contributed by atoms with Crippen molar-refractivity contribution in [1.82, 2.24) is 25.4 Å². The van der Waals surface area contributed by atoms with Gasteiger partial charge < -0.3 is 5.32 Å². The Morgan fingerprint density at radius 1 is 1.35 bits per heavy atom. The Morgan fingerprint density at radius 3 is 3.10 bits per heavy atom. The Bertz CT molecular complexity index is 744. The number of aryl methyl sites for hydroxylation is 1. The molecule has 2 heterocycles. The molecule has 0 fully saturated rings. The van der Waals surface area contributed by atoms with Crippen molar-refractivity contribution in [3.63, 3.8) is 0 Å². The average molecular weight is 270 g/mol. The number of rotatable bonds is 4. The van der Waals surface area contributed by atoms with Crippen molar-refractivity contribution in [3.05, 3.63) is 36.0 Å². The van der Waals surface area contributed by atoms with E-state index in [9.17, 15) is 4.79 Å². The van der Waals surface area contributed by atoms with E-state index in [4.69, 9.17) is 0 Å². The number of aromatic nitrogens is 5. The number of carbonyl (C=O) groups excluding carboxylic acids is 1. The third kappa shape index (κ3) is 2.25. The maximum absolute atomic E-state index is 12.1. The lowest BCUT2D eigenvalue weighted by Crippen LogP contribution is -2.14. The van der Waals surface area contributed by atoms with Gasteiger partial charge in [0, 0.05) is 11.8 Å². The van der Waals surface area contributed by atoms with Crippen molar-refractivity contribution < 1.29 is 4.79 Å². The lowest BCUT2D eigenvalue weighted by molar-refractivity contribution is 0.101. The van der Waals surface area contributed by atoms with E-state index >= 15 is 0 Å². The molecule has 0 bridgehead atoms. The molecule has 0 saturated heterocycles. The Kier molecular flexibility index (Phi) is 3.16. The molecule has 0 aliphatic carbocycles. The van der Waals surface area contributed by atoms with Gasteiger partial charge in [-0.25, -0.2) is 4.98 Å². The van der Waals surface area contributed by atoms with Crippen molar-refractivity contribution in [3.8, 4) is 0 Å². The van der Waals surface area contributed by atoms with Crippen LogP contribution in [0.4, 0.5) is 5.69 Å². The number of aromatic amines is 2. The van der Waals surface area contributed by atoms with Crippen molar-refractivity contribution in [2.24, 2.45) is 0 Å². The third-order valence-electron chi connectivity index (χ3n) is 2.95. The molecule has 7 nitrogen and oxygen atoms in total. The van der Waals surface area contributed by atoms with Gasteiger partial charge in [-0.15, -0.1) is 5.10 Å². The zero-order valence-corrected chi connectivity index (χ0v) is 11.0. The summed E-state index contributed by atoms with van der Waals surface area (Å²) in [6.45, 7) is 2.04. The molecular formula is C13H14N6O. The van der Waals surface area contributed by atoms with Crippen LogP contribution in [0.15, 0.2) is 24.4 Å². The molecule has 7 heteroatoms. The highest BCUT2D eigenvalue weighted by molar-refractivity contribution is 6.06. The van der Waals surface area contributed by atoms with Crippen LogP contribution >= 0.6 is 0 Å². The van der Waals surface area contributed by atoms with E-state index in [1.165, 1.54) is 0 Å². The summed E-state index contributed by atoms with van der Waals surface area (Å²) in [4.78, 5) is 16.3. The molecule has 0 unspecified atom stereocenters. The zero-order valence-electron chi connectivity index (χ0n) is 11.0. The first-order chi connectivity index (χ1) is 9.78. The third-order valence-corrected chi connectivity index (χ3v) is 2.95. The number of nitrogens with zero attached hydrogens (tertiary/aromatic N) is 3. The summed E-state index contributed by atoms with van der Waals surface area (Å²) < 4.78 is 0. The standard InChI is InChI=1S/C13H14N6O/c1-2-4-11-16-12(19-18-11)13(20)15-9-5-3-6-10-8(9)7-14-17-10/h3,5-7H,2,4H2,1H3,(H,14,17)(H,15,20)(H,16,18,19). The SMILES string of the molecule is CCCc1nc(C(=O)Nc2cccc3[nH]ncc23)n[nH]1. The van der Waals surface area contributed by atoms with Gasteiger partial charge in [0.2, 0.25) is 5.82 Å². The second-order valence-corrected chi connectivity index (χ2v) is 4.45. The first-order valence-electron chi connectivity index (χ1n) is 6.42. The van der Waals surface area contributed by atoms with Crippen molar-refractivity contribution in [1.29, 1.82) is 0 Å². The van der Waals surface area contributed by atoms with E-state index in [1.54, 1.807) is 6.20 Å². The number of nitrogens with one attached hydrogen (secondary N) is 3. The predicted molar refractivity (Wildman–Crippen MR) is 74.4 cm³/mol. The number of H-pyrrole nitrogens is 2. The monoisotopic (exact) mass is 270 g/mol. The summed E-state index contributed by atoms with van der Waals surface area (Å²) >= 11 is 0. The topological polar surface area (TPSA) is 99.3 Å². The molecule has 1 aromatic carbocycles. The van der Waals surface area contributed by atoms with Crippen LogP contribution in [-0.4, -0.2) is 31.3 Å². The van der Waals surface area contributed by atoms with E-state index in [0.29, 0.717) is 5.69 Å². The fourth-order valence-electron chi connectivity index (χ4n) is 2.00. The van der Waals surface area contributed by atoms with Crippen molar-refractivity contribution in [2.45, 2.75) is 19.8 Å². The molecule has 3 aromatic rings. The van der Waals surface area contributed by atoms with E-state index in [2.05, 4.69) is 30.7 Å². The van der Waals surface area contributed by atoms with Crippen LogP contribution in [-0.2, 0) is 6.42 Å². The number of hydrogen-bond acceptors (Lipinski definition) is 4. The molecule has 3 N–H and O–H groups in total. The van der Waals surface area contributed by atoms with Gasteiger partial charge in [-0.1, -0.05) is 13.0 Å². The summed E-state index contributed by atoms with van der Waals surface area (Å²) in [6, 6.07) is 5.55. The van der Waals surface area contributed by atoms with E-state index in [-0.39, 0.29) is 11.7 Å². The van der Waals surface area contributed by atoms with Crippen LogP contribution in [0, 0.1) is 0 Å². The van der Waals surface area contributed by atoms with Gasteiger partial charge in [0.05, 0.1) is 17.4 Å². The minimum Gasteiger partial charge on any atom is -0.319 e. The second-order valence-electron chi connectivity index (χ2n) is 4.45. The molecule has 2 aromatic heterocycles. The summed E-state index contributed by atoms with van der Waals surface area (Å²) in [5.41, 5.74) is 1.55. The number of anilines is 1. The summed E-state index contributed by atoms with van der Waals surface area (Å²) in [5.74, 6) is 0.533. The first-order valence-corrected chi connectivity index (χ1v) is 6.42. The molecule has 102 valence electrons. The van der Waals surface area contributed by atoms with Gasteiger partial charge in [-0.3, -0.25) is 15.0 Å². The molecular weight excluding hydrogens is 256 g/mol. The quantitative estimate of drug-likeness (QED) is 0.674. The molecule has 3 rings (SSSR count). The van der Waals surface area contributed by atoms with Gasteiger partial charge >= 0.3 is 0 Å². The highest BCUT2D eigenvalue weighted by atomic mass is 16.2. The molecule has 0 saturated carbocycles. The highest BCUT2D eigenvalue weighted by Crippen LogP contribution is 2.21. The Hall–Kier alpha value is -2.70. The number of fused-ring (bicyclic) bond motifs is 1. The molecule has 0 aliphatic heterocycles. The van der Waals surface area contributed by atoms with Crippen molar-refractivity contribution in [2.75, 3.05) is 5.32 Å². The van der Waals surface area contributed by atoms with Crippen LogP contribution in [0.5, 0.6) is 0 Å². The molecule has 0 atom stereocenters. The normalized spacial score (nSPS) is 10.8. The second kappa shape index (κ2) is 5.12. The Balaban J connectivity index is 1.83. The molecule has 1 amide bonds. The summed E-state index contributed by atoms with van der Waals surface area (Å²) in [6.07, 6.45) is 3.40. The number of amides is 1. The number of benzene rings is 1. The van der Waals surface area contributed by atoms with Gasteiger partial charge in [-0.05, 0) is 18.6 Å². The van der Waals surface area contributed by atoms with Crippen molar-refractivity contribution >= 4 is 22.5 Å². The van der Waals surface area contributed by atoms with Gasteiger partial charge in [-0.2, -0.15) is 5.10 Å². The first kappa shape index (κ1) is 12.3. The smallest absolute Gasteiger partial charge is 0.295 e. The zero-order chi connectivity index (χ0) is 13.9. The Labute approximate surface area is 114 Å². The van der Waals surface area contributed by atoms with E-state index < -0.39 is 0 Å². The van der Waals surface area contributed by atoms with Crippen LogP contribution < -0.4 is 5.32 Å². The lowest BCUT2D eigenvalue weighted by atomic mass is 10.2. The Morgan fingerprint density at radius 2 is 2.25 bits per heavy atom. The maximum Gasteiger partial charge on any atom is 0.295 e. The largest absolute Gasteiger partial charge is 0.319 e. The molecule has 0 aliphatic rings. The lowest BCUT2D eigenvalue weighted by Gasteiger charge is -2.03. The van der Waals surface area contributed by atoms with Gasteiger partial charge in [0.15, 0.2) is 0 Å². The minimum absolute atomic E-state index is 0.147.